The molecule has 0 spiro atoms. The molecule has 120 valence electrons. The van der Waals surface area contributed by atoms with Crippen molar-refractivity contribution >= 4 is 40.0 Å². The Balaban J connectivity index is 1.92. The minimum absolute atomic E-state index is 0.421. The van der Waals surface area contributed by atoms with Crippen LogP contribution in [-0.4, -0.2) is 27.7 Å². The predicted octanol–water partition coefficient (Wildman–Crippen LogP) is 3.57. The SMILES string of the molecule is Nc1cc2cc(-c3cncc4c3CCN4C(=O)O)cc(Cl)c2cn1. The standard InChI is InChI=1S/C17H13ClN4O2/c18-14-4-9(3-10-5-16(19)21-7-13(10)14)12-6-20-8-15-11(12)1-2-22(15)17(23)24/h3-8H,1-2H2,(H2,19,21)(H,23,24). The molecule has 1 aliphatic rings. The number of nitrogen functional groups attached to an aromatic ring is 1. The van der Waals surface area contributed by atoms with Crippen molar-refractivity contribution in [1.29, 1.82) is 0 Å². The van der Waals surface area contributed by atoms with E-state index in [4.69, 9.17) is 17.3 Å². The molecule has 0 atom stereocenters. The summed E-state index contributed by atoms with van der Waals surface area (Å²) in [5, 5.41) is 11.6. The van der Waals surface area contributed by atoms with Gasteiger partial charge in [-0.3, -0.25) is 9.88 Å². The number of carbonyl (C=O) groups is 1. The van der Waals surface area contributed by atoms with Gasteiger partial charge in [-0.2, -0.15) is 0 Å². The van der Waals surface area contributed by atoms with Crippen LogP contribution in [0.15, 0.2) is 36.8 Å². The fourth-order valence-corrected chi connectivity index (χ4v) is 3.42. The maximum Gasteiger partial charge on any atom is 0.411 e. The van der Waals surface area contributed by atoms with Gasteiger partial charge >= 0.3 is 6.09 Å². The van der Waals surface area contributed by atoms with Crippen molar-refractivity contribution in [2.24, 2.45) is 0 Å². The molecule has 0 fully saturated rings. The van der Waals surface area contributed by atoms with Crippen LogP contribution in [0, 0.1) is 0 Å². The van der Waals surface area contributed by atoms with Gasteiger partial charge in [0, 0.05) is 29.9 Å². The molecule has 1 aliphatic heterocycles. The van der Waals surface area contributed by atoms with Crippen molar-refractivity contribution in [2.45, 2.75) is 6.42 Å². The van der Waals surface area contributed by atoms with Gasteiger partial charge in [-0.1, -0.05) is 11.6 Å². The van der Waals surface area contributed by atoms with Crippen LogP contribution in [0.25, 0.3) is 21.9 Å². The number of nitrogens with two attached hydrogens (primary N) is 1. The molecule has 3 N–H and O–H groups in total. The Morgan fingerprint density at radius 1 is 1.25 bits per heavy atom. The van der Waals surface area contributed by atoms with E-state index >= 15 is 0 Å². The second-order valence-electron chi connectivity index (χ2n) is 5.66. The van der Waals surface area contributed by atoms with Crippen molar-refractivity contribution in [1.82, 2.24) is 9.97 Å². The van der Waals surface area contributed by atoms with Gasteiger partial charge in [-0.15, -0.1) is 0 Å². The average Bonchev–Trinajstić information content (AvgIpc) is 2.98. The Bertz CT molecular complexity index is 990. The molecular formula is C17H13ClN4O2. The van der Waals surface area contributed by atoms with Crippen molar-refractivity contribution in [3.8, 4) is 11.1 Å². The number of hydrogen-bond donors (Lipinski definition) is 2. The summed E-state index contributed by atoms with van der Waals surface area (Å²) in [7, 11) is 0. The van der Waals surface area contributed by atoms with E-state index in [-0.39, 0.29) is 0 Å². The highest BCUT2D eigenvalue weighted by atomic mass is 35.5. The van der Waals surface area contributed by atoms with Gasteiger partial charge in [0.05, 0.1) is 16.9 Å². The summed E-state index contributed by atoms with van der Waals surface area (Å²) >= 11 is 6.39. The van der Waals surface area contributed by atoms with Gasteiger partial charge in [0.25, 0.3) is 0 Å². The third-order valence-electron chi connectivity index (χ3n) is 4.26. The Kier molecular flexibility index (Phi) is 3.28. The van der Waals surface area contributed by atoms with E-state index in [9.17, 15) is 9.90 Å². The van der Waals surface area contributed by atoms with Gasteiger partial charge in [-0.05, 0) is 41.1 Å². The number of anilines is 2. The highest BCUT2D eigenvalue weighted by Gasteiger charge is 2.27. The van der Waals surface area contributed by atoms with E-state index in [0.717, 1.165) is 27.5 Å². The van der Waals surface area contributed by atoms with Gasteiger partial charge in [-0.25, -0.2) is 9.78 Å². The number of pyridine rings is 2. The molecule has 1 amide bonds. The fourth-order valence-electron chi connectivity index (χ4n) is 3.15. The molecular weight excluding hydrogens is 328 g/mol. The van der Waals surface area contributed by atoms with Gasteiger partial charge in [0.15, 0.2) is 0 Å². The van der Waals surface area contributed by atoms with Gasteiger partial charge < -0.3 is 10.8 Å². The summed E-state index contributed by atoms with van der Waals surface area (Å²) in [4.78, 5) is 20.9. The first-order valence-electron chi connectivity index (χ1n) is 7.37. The molecule has 0 saturated carbocycles. The zero-order chi connectivity index (χ0) is 16.8. The number of amides is 1. The summed E-state index contributed by atoms with van der Waals surface area (Å²) in [6, 6.07) is 5.59. The number of benzene rings is 1. The Morgan fingerprint density at radius 3 is 2.88 bits per heavy atom. The lowest BCUT2D eigenvalue weighted by molar-refractivity contribution is 0.202. The maximum absolute atomic E-state index is 11.3. The number of rotatable bonds is 1. The number of aromatic nitrogens is 2. The fraction of sp³-hybridized carbons (Fsp3) is 0.118. The molecule has 24 heavy (non-hydrogen) atoms. The van der Waals surface area contributed by atoms with Crippen LogP contribution in [0.4, 0.5) is 16.3 Å². The van der Waals surface area contributed by atoms with E-state index < -0.39 is 6.09 Å². The smallest absolute Gasteiger partial charge is 0.411 e. The summed E-state index contributed by atoms with van der Waals surface area (Å²) in [6.07, 6.45) is 4.66. The van der Waals surface area contributed by atoms with Crippen LogP contribution in [-0.2, 0) is 6.42 Å². The maximum atomic E-state index is 11.3. The molecule has 0 aliphatic carbocycles. The zero-order valence-corrected chi connectivity index (χ0v) is 13.3. The van der Waals surface area contributed by atoms with E-state index in [1.165, 1.54) is 4.90 Å². The molecule has 3 heterocycles. The highest BCUT2D eigenvalue weighted by molar-refractivity contribution is 6.36. The van der Waals surface area contributed by atoms with E-state index in [2.05, 4.69) is 9.97 Å². The van der Waals surface area contributed by atoms with E-state index in [1.807, 2.05) is 12.1 Å². The summed E-state index contributed by atoms with van der Waals surface area (Å²) in [5.74, 6) is 0.421. The van der Waals surface area contributed by atoms with Crippen molar-refractivity contribution in [3.63, 3.8) is 0 Å². The van der Waals surface area contributed by atoms with Crippen molar-refractivity contribution in [2.75, 3.05) is 17.2 Å². The molecule has 4 rings (SSSR count). The van der Waals surface area contributed by atoms with Crippen LogP contribution in [0.1, 0.15) is 5.56 Å². The Hall–Kier alpha value is -2.86. The van der Waals surface area contributed by atoms with Crippen LogP contribution in [0.5, 0.6) is 0 Å². The second kappa shape index (κ2) is 5.35. The topological polar surface area (TPSA) is 92.3 Å². The third-order valence-corrected chi connectivity index (χ3v) is 4.57. The van der Waals surface area contributed by atoms with E-state index in [0.29, 0.717) is 29.5 Å². The van der Waals surface area contributed by atoms with Crippen LogP contribution < -0.4 is 10.6 Å². The number of hydrogen-bond acceptors (Lipinski definition) is 4. The minimum atomic E-state index is -0.969. The lowest BCUT2D eigenvalue weighted by Crippen LogP contribution is -2.26. The first-order chi connectivity index (χ1) is 11.5. The summed E-state index contributed by atoms with van der Waals surface area (Å²) in [6.45, 7) is 0.432. The highest BCUT2D eigenvalue weighted by Crippen LogP contribution is 2.38. The normalized spacial score (nSPS) is 13.3. The van der Waals surface area contributed by atoms with Gasteiger partial charge in [0.2, 0.25) is 0 Å². The monoisotopic (exact) mass is 340 g/mol. The Labute approximate surface area is 142 Å². The molecule has 0 saturated heterocycles. The molecule has 7 heteroatoms. The van der Waals surface area contributed by atoms with Gasteiger partial charge in [0.1, 0.15) is 5.82 Å². The number of halogens is 1. The first kappa shape index (κ1) is 14.7. The quantitative estimate of drug-likeness (QED) is 0.706. The first-order valence-corrected chi connectivity index (χ1v) is 7.75. The third kappa shape index (κ3) is 2.23. The number of fused-ring (bicyclic) bond motifs is 2. The summed E-state index contributed by atoms with van der Waals surface area (Å²) < 4.78 is 0. The van der Waals surface area contributed by atoms with Crippen LogP contribution in [0.2, 0.25) is 5.02 Å². The van der Waals surface area contributed by atoms with Crippen LogP contribution in [0.3, 0.4) is 0 Å². The molecule has 3 aromatic rings. The van der Waals surface area contributed by atoms with Crippen LogP contribution >= 0.6 is 11.6 Å². The second-order valence-corrected chi connectivity index (χ2v) is 6.06. The van der Waals surface area contributed by atoms with Crippen molar-refractivity contribution in [3.05, 3.63) is 47.4 Å². The predicted molar refractivity (Wildman–Crippen MR) is 93.5 cm³/mol. The lowest BCUT2D eigenvalue weighted by Gasteiger charge is -2.13. The zero-order valence-electron chi connectivity index (χ0n) is 12.5. The molecule has 0 bridgehead atoms. The summed E-state index contributed by atoms with van der Waals surface area (Å²) in [5.41, 5.74) is 9.13. The molecule has 1 aromatic carbocycles. The minimum Gasteiger partial charge on any atom is -0.465 e. The lowest BCUT2D eigenvalue weighted by atomic mass is 9.98. The largest absolute Gasteiger partial charge is 0.465 e. The number of nitrogens with zero attached hydrogens (tertiary/aromatic N) is 3. The van der Waals surface area contributed by atoms with Crippen molar-refractivity contribution < 1.29 is 9.90 Å². The molecule has 0 radical (unpaired) electrons. The Morgan fingerprint density at radius 2 is 2.08 bits per heavy atom. The molecule has 0 unspecified atom stereocenters. The van der Waals surface area contributed by atoms with E-state index in [1.54, 1.807) is 24.7 Å². The molecule has 2 aromatic heterocycles. The molecule has 6 nitrogen and oxygen atoms in total. The average molecular weight is 341 g/mol. The number of carboxylic acid groups (broad SMARTS) is 1.